The van der Waals surface area contributed by atoms with Crippen LogP contribution in [0.1, 0.15) is 19.3 Å². The number of hydrogen-bond acceptors (Lipinski definition) is 2. The van der Waals surface area contributed by atoms with Crippen molar-refractivity contribution >= 4 is 6.03 Å². The first-order valence-electron chi connectivity index (χ1n) is 5.11. The van der Waals surface area contributed by atoms with Gasteiger partial charge >= 0.3 is 6.03 Å². The molecule has 0 aromatic rings. The maximum Gasteiger partial charge on any atom is 0.318 e. The topological polar surface area (TPSA) is 35.6 Å². The molecule has 1 N–H and O–H groups in total. The van der Waals surface area contributed by atoms with Crippen molar-refractivity contribution in [3.05, 3.63) is 0 Å². The molecule has 0 bridgehead atoms. The molecule has 0 atom stereocenters. The summed E-state index contributed by atoms with van der Waals surface area (Å²) >= 11 is 0. The number of nitrogens with zero attached hydrogens (tertiary/aromatic N) is 2. The molecule has 0 aliphatic carbocycles. The molecule has 0 radical (unpaired) electrons. The zero-order valence-electron chi connectivity index (χ0n) is 7.96. The minimum absolute atomic E-state index is 0.109. The van der Waals surface area contributed by atoms with Crippen molar-refractivity contribution in [3.8, 4) is 0 Å². The molecule has 2 aliphatic heterocycles. The van der Waals surface area contributed by atoms with Crippen LogP contribution in [0.25, 0.3) is 0 Å². The van der Waals surface area contributed by atoms with Crippen molar-refractivity contribution in [2.45, 2.75) is 19.3 Å². The van der Waals surface area contributed by atoms with Crippen molar-refractivity contribution in [2.75, 3.05) is 32.8 Å². The molecule has 2 heterocycles. The molecule has 0 aromatic heterocycles. The quantitative estimate of drug-likeness (QED) is 0.675. The Morgan fingerprint density at radius 2 is 1.92 bits per heavy atom. The Balaban J connectivity index is 1.81. The van der Waals surface area contributed by atoms with E-state index in [0.717, 1.165) is 39.3 Å². The second-order valence-corrected chi connectivity index (χ2v) is 3.82. The van der Waals surface area contributed by atoms with Crippen molar-refractivity contribution in [3.63, 3.8) is 0 Å². The number of rotatable bonds is 2. The van der Waals surface area contributed by atoms with Crippen molar-refractivity contribution in [1.29, 1.82) is 0 Å². The fraction of sp³-hybridized carbons (Fsp3) is 0.889. The van der Waals surface area contributed by atoms with Gasteiger partial charge in [-0.2, -0.15) is 0 Å². The number of likely N-dealkylation sites (tertiary alicyclic amines) is 1. The van der Waals surface area contributed by atoms with Crippen LogP contribution in [0.3, 0.4) is 0 Å². The highest BCUT2D eigenvalue weighted by atomic mass is 16.2. The molecule has 2 amide bonds. The highest BCUT2D eigenvalue weighted by Gasteiger charge is 2.21. The molecule has 4 heteroatoms. The number of urea groups is 1. The molecule has 2 aliphatic rings. The van der Waals surface area contributed by atoms with Crippen molar-refractivity contribution in [1.82, 2.24) is 15.1 Å². The molecule has 13 heavy (non-hydrogen) atoms. The van der Waals surface area contributed by atoms with E-state index in [-0.39, 0.29) is 6.03 Å². The first kappa shape index (κ1) is 8.81. The average molecular weight is 183 g/mol. The lowest BCUT2D eigenvalue weighted by Crippen LogP contribution is -2.50. The van der Waals surface area contributed by atoms with E-state index in [0.29, 0.717) is 0 Å². The van der Waals surface area contributed by atoms with Crippen LogP contribution in [-0.2, 0) is 0 Å². The number of hydrogen-bond donors (Lipinski definition) is 1. The molecule has 0 unspecified atom stereocenters. The SMILES string of the molecule is O=C1NCCCN1CN1CCCC1. The van der Waals surface area contributed by atoms with Crippen LogP contribution in [-0.4, -0.2) is 48.7 Å². The van der Waals surface area contributed by atoms with Gasteiger partial charge in [-0.05, 0) is 32.4 Å². The second kappa shape index (κ2) is 3.96. The van der Waals surface area contributed by atoms with Gasteiger partial charge in [0.2, 0.25) is 0 Å². The lowest BCUT2D eigenvalue weighted by Gasteiger charge is -2.31. The summed E-state index contributed by atoms with van der Waals surface area (Å²) in [6, 6.07) is 0.109. The predicted molar refractivity (Wildman–Crippen MR) is 50.4 cm³/mol. The lowest BCUT2D eigenvalue weighted by molar-refractivity contribution is 0.142. The van der Waals surface area contributed by atoms with E-state index in [9.17, 15) is 4.79 Å². The summed E-state index contributed by atoms with van der Waals surface area (Å²) in [5.74, 6) is 0. The van der Waals surface area contributed by atoms with Gasteiger partial charge < -0.3 is 10.2 Å². The summed E-state index contributed by atoms with van der Waals surface area (Å²) in [4.78, 5) is 15.6. The van der Waals surface area contributed by atoms with E-state index in [4.69, 9.17) is 0 Å². The van der Waals surface area contributed by atoms with Gasteiger partial charge in [-0.25, -0.2) is 4.79 Å². The molecule has 74 valence electrons. The third kappa shape index (κ3) is 2.12. The predicted octanol–water partition coefficient (Wildman–Crippen LogP) is 0.455. The second-order valence-electron chi connectivity index (χ2n) is 3.82. The van der Waals surface area contributed by atoms with Crippen LogP contribution >= 0.6 is 0 Å². The van der Waals surface area contributed by atoms with Crippen LogP contribution in [0.4, 0.5) is 4.79 Å². The van der Waals surface area contributed by atoms with Gasteiger partial charge in [-0.15, -0.1) is 0 Å². The molecule has 2 fully saturated rings. The molecule has 0 spiro atoms. The van der Waals surface area contributed by atoms with E-state index >= 15 is 0 Å². The standard InChI is InChI=1S/C9H17N3O/c13-9-10-4-3-7-12(9)8-11-5-1-2-6-11/h1-8H2,(H,10,13). The van der Waals surface area contributed by atoms with Gasteiger partial charge in [-0.1, -0.05) is 0 Å². The Bertz CT molecular complexity index is 189. The average Bonchev–Trinajstić information content (AvgIpc) is 2.61. The third-order valence-electron chi connectivity index (χ3n) is 2.74. The fourth-order valence-corrected chi connectivity index (χ4v) is 1.98. The number of carbonyl (C=O) groups is 1. The highest BCUT2D eigenvalue weighted by molar-refractivity contribution is 5.74. The summed E-state index contributed by atoms with van der Waals surface area (Å²) in [6.07, 6.45) is 3.66. The van der Waals surface area contributed by atoms with Crippen LogP contribution in [0, 0.1) is 0 Å². The number of carbonyl (C=O) groups excluding carboxylic acids is 1. The van der Waals surface area contributed by atoms with Crippen LogP contribution in [0.5, 0.6) is 0 Å². The zero-order chi connectivity index (χ0) is 9.10. The molecular weight excluding hydrogens is 166 g/mol. The lowest BCUT2D eigenvalue weighted by atomic mass is 10.3. The first-order valence-corrected chi connectivity index (χ1v) is 5.11. The van der Waals surface area contributed by atoms with E-state index < -0.39 is 0 Å². The van der Waals surface area contributed by atoms with Crippen LogP contribution < -0.4 is 5.32 Å². The summed E-state index contributed by atoms with van der Waals surface area (Å²) in [5, 5.41) is 2.87. The Morgan fingerprint density at radius 3 is 2.62 bits per heavy atom. The summed E-state index contributed by atoms with van der Waals surface area (Å²) in [6.45, 7) is 4.90. The maximum atomic E-state index is 11.4. The summed E-state index contributed by atoms with van der Waals surface area (Å²) in [7, 11) is 0. The largest absolute Gasteiger partial charge is 0.338 e. The van der Waals surface area contributed by atoms with E-state index in [1.807, 2.05) is 4.90 Å². The Morgan fingerprint density at radius 1 is 1.15 bits per heavy atom. The smallest absolute Gasteiger partial charge is 0.318 e. The Hall–Kier alpha value is -0.770. The van der Waals surface area contributed by atoms with Gasteiger partial charge in [0.25, 0.3) is 0 Å². The van der Waals surface area contributed by atoms with Gasteiger partial charge in [-0.3, -0.25) is 4.90 Å². The number of amides is 2. The summed E-state index contributed by atoms with van der Waals surface area (Å²) in [5.41, 5.74) is 0. The molecule has 2 saturated heterocycles. The van der Waals surface area contributed by atoms with Gasteiger partial charge in [0, 0.05) is 13.1 Å². The first-order chi connectivity index (χ1) is 6.36. The van der Waals surface area contributed by atoms with Gasteiger partial charge in [0.15, 0.2) is 0 Å². The molecule has 0 aromatic carbocycles. The van der Waals surface area contributed by atoms with E-state index in [1.165, 1.54) is 12.8 Å². The zero-order valence-corrected chi connectivity index (χ0v) is 7.96. The third-order valence-corrected chi connectivity index (χ3v) is 2.74. The van der Waals surface area contributed by atoms with Crippen molar-refractivity contribution < 1.29 is 4.79 Å². The fourth-order valence-electron chi connectivity index (χ4n) is 1.98. The highest BCUT2D eigenvalue weighted by Crippen LogP contribution is 2.09. The number of nitrogens with one attached hydrogen (secondary N) is 1. The van der Waals surface area contributed by atoms with Gasteiger partial charge in [0.1, 0.15) is 0 Å². The maximum absolute atomic E-state index is 11.4. The van der Waals surface area contributed by atoms with E-state index in [2.05, 4.69) is 10.2 Å². The minimum Gasteiger partial charge on any atom is -0.338 e. The molecular formula is C9H17N3O. The molecule has 0 saturated carbocycles. The molecule has 4 nitrogen and oxygen atoms in total. The Labute approximate surface area is 78.9 Å². The van der Waals surface area contributed by atoms with Gasteiger partial charge in [0.05, 0.1) is 6.67 Å². The Kier molecular flexibility index (Phi) is 2.68. The molecule has 2 rings (SSSR count). The minimum atomic E-state index is 0.109. The van der Waals surface area contributed by atoms with Crippen molar-refractivity contribution in [2.24, 2.45) is 0 Å². The van der Waals surface area contributed by atoms with Crippen LogP contribution in [0.2, 0.25) is 0 Å². The van der Waals surface area contributed by atoms with Crippen LogP contribution in [0.15, 0.2) is 0 Å². The normalized spacial score (nSPS) is 24.9. The summed E-state index contributed by atoms with van der Waals surface area (Å²) < 4.78 is 0. The monoisotopic (exact) mass is 183 g/mol. The van der Waals surface area contributed by atoms with E-state index in [1.54, 1.807) is 0 Å².